The van der Waals surface area contributed by atoms with Crippen LogP contribution in [0.3, 0.4) is 0 Å². The van der Waals surface area contributed by atoms with Crippen molar-refractivity contribution < 1.29 is 13.2 Å². The van der Waals surface area contributed by atoms with E-state index in [1.807, 2.05) is 24.3 Å². The van der Waals surface area contributed by atoms with E-state index >= 15 is 0 Å². The topological polar surface area (TPSA) is 86.4 Å². The number of aromatic nitrogens is 2. The van der Waals surface area contributed by atoms with Gasteiger partial charge in [-0.15, -0.1) is 11.3 Å². The van der Waals surface area contributed by atoms with Crippen molar-refractivity contribution in [3.8, 4) is 0 Å². The second-order valence-electron chi connectivity index (χ2n) is 6.24. The molecular weight excluding hydrogens is 452 g/mol. The van der Waals surface area contributed by atoms with Crippen LogP contribution in [0.15, 0.2) is 44.4 Å². The first-order valence-corrected chi connectivity index (χ1v) is 11.5. The number of thiophene rings is 1. The van der Waals surface area contributed by atoms with Gasteiger partial charge in [0.25, 0.3) is 10.0 Å². The van der Waals surface area contributed by atoms with Crippen molar-refractivity contribution in [3.05, 3.63) is 45.9 Å². The zero-order valence-electron chi connectivity index (χ0n) is 14.3. The van der Waals surface area contributed by atoms with Crippen molar-refractivity contribution in [1.82, 2.24) is 19.4 Å². The van der Waals surface area contributed by atoms with Crippen molar-refractivity contribution in [2.45, 2.75) is 10.6 Å². The number of sulfonamides is 1. The molecule has 1 aliphatic heterocycles. The number of carbonyl (C=O) groups excluding carboxylic acids is 1. The summed E-state index contributed by atoms with van der Waals surface area (Å²) in [6.07, 6.45) is 0.227. The summed E-state index contributed by atoms with van der Waals surface area (Å²) in [4.78, 5) is 14.4. The Morgan fingerprint density at radius 3 is 2.59 bits per heavy atom. The molecule has 0 spiro atoms. The molecule has 2 aromatic heterocycles. The third-order valence-electron chi connectivity index (χ3n) is 4.60. The van der Waals surface area contributed by atoms with Crippen LogP contribution < -0.4 is 0 Å². The molecule has 10 heteroatoms. The zero-order valence-corrected chi connectivity index (χ0v) is 17.5. The Balaban J connectivity index is 1.41. The number of aromatic amines is 1. The van der Waals surface area contributed by atoms with Gasteiger partial charge in [0.15, 0.2) is 0 Å². The smallest absolute Gasteiger partial charge is 0.252 e. The maximum atomic E-state index is 12.7. The molecule has 7 nitrogen and oxygen atoms in total. The van der Waals surface area contributed by atoms with Gasteiger partial charge < -0.3 is 4.90 Å². The molecule has 3 heterocycles. The number of fused-ring (bicyclic) bond motifs is 1. The molecule has 1 N–H and O–H groups in total. The highest BCUT2D eigenvalue weighted by molar-refractivity contribution is 9.11. The van der Waals surface area contributed by atoms with E-state index in [2.05, 4.69) is 26.1 Å². The van der Waals surface area contributed by atoms with Crippen LogP contribution in [-0.4, -0.2) is 59.9 Å². The molecule has 4 rings (SSSR count). The number of hydrogen-bond donors (Lipinski definition) is 1. The maximum absolute atomic E-state index is 12.7. The van der Waals surface area contributed by atoms with E-state index in [0.29, 0.717) is 30.4 Å². The second kappa shape index (κ2) is 7.34. The number of hydrogen-bond acceptors (Lipinski definition) is 5. The normalized spacial score (nSPS) is 16.1. The first-order valence-electron chi connectivity index (χ1n) is 8.40. The molecule has 27 heavy (non-hydrogen) atoms. The fourth-order valence-corrected chi connectivity index (χ4v) is 6.74. The van der Waals surface area contributed by atoms with Gasteiger partial charge in [-0.1, -0.05) is 18.2 Å². The molecule has 0 radical (unpaired) electrons. The number of rotatable bonds is 4. The summed E-state index contributed by atoms with van der Waals surface area (Å²) in [6.45, 7) is 1.37. The number of H-pyrrole nitrogens is 1. The molecule has 0 aliphatic carbocycles. The quantitative estimate of drug-likeness (QED) is 0.636. The minimum Gasteiger partial charge on any atom is -0.340 e. The van der Waals surface area contributed by atoms with E-state index in [1.54, 1.807) is 17.0 Å². The van der Waals surface area contributed by atoms with E-state index < -0.39 is 10.0 Å². The molecule has 3 aromatic rings. The molecule has 0 atom stereocenters. The van der Waals surface area contributed by atoms with Gasteiger partial charge in [0.2, 0.25) is 5.91 Å². The number of nitrogens with one attached hydrogen (secondary N) is 1. The first kappa shape index (κ1) is 18.6. The minimum absolute atomic E-state index is 0.0275. The zero-order chi connectivity index (χ0) is 19.0. The van der Waals surface area contributed by atoms with Gasteiger partial charge in [0.05, 0.1) is 21.4 Å². The third-order valence-corrected chi connectivity index (χ3v) is 8.59. The van der Waals surface area contributed by atoms with Crippen LogP contribution in [-0.2, 0) is 21.2 Å². The van der Waals surface area contributed by atoms with Crippen LogP contribution in [0.2, 0.25) is 0 Å². The van der Waals surface area contributed by atoms with Crippen LogP contribution in [0.4, 0.5) is 0 Å². The molecule has 1 fully saturated rings. The minimum atomic E-state index is -3.50. The van der Waals surface area contributed by atoms with Crippen molar-refractivity contribution in [2.24, 2.45) is 0 Å². The van der Waals surface area contributed by atoms with Gasteiger partial charge in [-0.3, -0.25) is 9.89 Å². The van der Waals surface area contributed by atoms with Gasteiger partial charge in [-0.2, -0.15) is 9.40 Å². The average Bonchev–Trinajstić information content (AvgIpc) is 3.29. The molecule has 0 saturated carbocycles. The lowest BCUT2D eigenvalue weighted by Gasteiger charge is -2.33. The van der Waals surface area contributed by atoms with E-state index in [-0.39, 0.29) is 12.3 Å². The van der Waals surface area contributed by atoms with E-state index in [0.717, 1.165) is 20.4 Å². The van der Waals surface area contributed by atoms with Gasteiger partial charge in [0.1, 0.15) is 4.21 Å². The predicted octanol–water partition coefficient (Wildman–Crippen LogP) is 2.46. The third kappa shape index (κ3) is 3.66. The summed E-state index contributed by atoms with van der Waals surface area (Å²) in [5.74, 6) is -0.0275. The summed E-state index contributed by atoms with van der Waals surface area (Å²) in [7, 11) is -3.50. The molecule has 1 amide bonds. The van der Waals surface area contributed by atoms with Gasteiger partial charge in [-0.05, 0) is 34.1 Å². The van der Waals surface area contributed by atoms with E-state index in [4.69, 9.17) is 0 Å². The number of carbonyl (C=O) groups is 1. The Kier molecular flexibility index (Phi) is 5.06. The lowest BCUT2D eigenvalue weighted by Crippen LogP contribution is -2.50. The number of nitrogens with zero attached hydrogens (tertiary/aromatic N) is 3. The number of halogens is 1. The summed E-state index contributed by atoms with van der Waals surface area (Å²) in [5, 5.41) is 8.08. The summed E-state index contributed by atoms with van der Waals surface area (Å²) in [6, 6.07) is 11.0. The van der Waals surface area contributed by atoms with E-state index in [1.165, 1.54) is 15.6 Å². The number of para-hydroxylation sites is 1. The maximum Gasteiger partial charge on any atom is 0.252 e. The predicted molar refractivity (Wildman–Crippen MR) is 107 cm³/mol. The lowest BCUT2D eigenvalue weighted by molar-refractivity contribution is -0.131. The SMILES string of the molecule is O=C(Cc1[nH]nc2ccccc12)N1CCN(S(=O)(=O)c2ccc(Br)s2)CC1. The molecular formula is C17H17BrN4O3S2. The van der Waals surface area contributed by atoms with Crippen LogP contribution >= 0.6 is 27.3 Å². The molecule has 0 unspecified atom stereocenters. The monoisotopic (exact) mass is 468 g/mol. The van der Waals surface area contributed by atoms with Crippen molar-refractivity contribution in [3.63, 3.8) is 0 Å². The van der Waals surface area contributed by atoms with Crippen LogP contribution in [0.5, 0.6) is 0 Å². The van der Waals surface area contributed by atoms with Gasteiger partial charge in [0, 0.05) is 31.6 Å². The summed E-state index contributed by atoms with van der Waals surface area (Å²) < 4.78 is 27.9. The Bertz CT molecular complexity index is 1080. The highest BCUT2D eigenvalue weighted by Gasteiger charge is 2.31. The van der Waals surface area contributed by atoms with Crippen molar-refractivity contribution in [2.75, 3.05) is 26.2 Å². The molecule has 1 saturated heterocycles. The Hall–Kier alpha value is -1.75. The largest absolute Gasteiger partial charge is 0.340 e. The fraction of sp³-hybridized carbons (Fsp3) is 0.294. The number of benzene rings is 1. The van der Waals surface area contributed by atoms with Crippen LogP contribution in [0.25, 0.3) is 10.9 Å². The first-order chi connectivity index (χ1) is 12.9. The van der Waals surface area contributed by atoms with Gasteiger partial charge in [-0.25, -0.2) is 8.42 Å². The summed E-state index contributed by atoms with van der Waals surface area (Å²) >= 11 is 4.49. The van der Waals surface area contributed by atoms with Crippen molar-refractivity contribution >= 4 is 54.1 Å². The average molecular weight is 469 g/mol. The fourth-order valence-electron chi connectivity index (χ4n) is 3.15. The molecule has 142 valence electrons. The highest BCUT2D eigenvalue weighted by atomic mass is 79.9. The number of amides is 1. The molecule has 1 aromatic carbocycles. The lowest BCUT2D eigenvalue weighted by atomic mass is 10.1. The Morgan fingerprint density at radius 2 is 1.89 bits per heavy atom. The molecule has 1 aliphatic rings. The standard InChI is InChI=1S/C17H17BrN4O3S2/c18-15-5-6-17(26-15)27(24,25)22-9-7-21(8-10-22)16(23)11-14-12-3-1-2-4-13(12)19-20-14/h1-6H,7-11H2,(H,19,20). The summed E-state index contributed by atoms with van der Waals surface area (Å²) in [5.41, 5.74) is 1.62. The van der Waals surface area contributed by atoms with Crippen LogP contribution in [0.1, 0.15) is 5.69 Å². The second-order valence-corrected chi connectivity index (χ2v) is 10.9. The van der Waals surface area contributed by atoms with Crippen LogP contribution in [0, 0.1) is 0 Å². The molecule has 0 bridgehead atoms. The highest BCUT2D eigenvalue weighted by Crippen LogP contribution is 2.29. The van der Waals surface area contributed by atoms with E-state index in [9.17, 15) is 13.2 Å². The number of piperazine rings is 1. The Morgan fingerprint density at radius 1 is 1.15 bits per heavy atom. The van der Waals surface area contributed by atoms with Gasteiger partial charge >= 0.3 is 0 Å². The van der Waals surface area contributed by atoms with Crippen molar-refractivity contribution in [1.29, 1.82) is 0 Å². The Labute approximate surface area is 169 Å².